The second-order valence-electron chi connectivity index (χ2n) is 3.36. The molecule has 0 spiro atoms. The van der Waals surface area contributed by atoms with Crippen LogP contribution in [0.1, 0.15) is 20.8 Å². The van der Waals surface area contributed by atoms with Gasteiger partial charge in [-0.2, -0.15) is 8.42 Å². The highest BCUT2D eigenvalue weighted by Gasteiger charge is 2.20. The first-order valence-corrected chi connectivity index (χ1v) is 4.93. The predicted molar refractivity (Wildman–Crippen MR) is 44.0 cm³/mol. The Morgan fingerprint density at radius 3 is 1.90 bits per heavy atom. The van der Waals surface area contributed by atoms with Crippen molar-refractivity contribution in [3.05, 3.63) is 0 Å². The van der Waals surface area contributed by atoms with Gasteiger partial charge in [0.15, 0.2) is 0 Å². The van der Waals surface area contributed by atoms with E-state index in [0.29, 0.717) is 0 Å². The molecule has 3 nitrogen and oxygen atoms in total. The van der Waals surface area contributed by atoms with Crippen molar-refractivity contribution in [2.45, 2.75) is 20.8 Å². The van der Waals surface area contributed by atoms with Gasteiger partial charge in [-0.3, -0.25) is 3.97 Å². The Labute approximate surface area is 64.6 Å². The zero-order valence-electron chi connectivity index (χ0n) is 6.42. The van der Waals surface area contributed by atoms with E-state index in [-0.39, 0.29) is 11.2 Å². The van der Waals surface area contributed by atoms with Gasteiger partial charge in [0.05, 0.1) is 5.75 Å². The van der Waals surface area contributed by atoms with Crippen LogP contribution in [0.5, 0.6) is 0 Å². The van der Waals surface area contributed by atoms with E-state index in [9.17, 15) is 8.42 Å². The summed E-state index contributed by atoms with van der Waals surface area (Å²) in [6.07, 6.45) is 0. The summed E-state index contributed by atoms with van der Waals surface area (Å²) < 4.78 is 25.7. The Kier molecular flexibility index (Phi) is 3.27. The van der Waals surface area contributed by atoms with Gasteiger partial charge >= 0.3 is 0 Å². The maximum absolute atomic E-state index is 10.8. The van der Waals surface area contributed by atoms with Crippen LogP contribution in [0.15, 0.2) is 0 Å². The number of hydrogen-bond acceptors (Lipinski definition) is 3. The SMILES string of the molecule is CC(C)(C)CS(=O)(=O)OP. The van der Waals surface area contributed by atoms with Gasteiger partial charge in [0, 0.05) is 9.47 Å². The Balaban J connectivity index is 4.18. The molecule has 0 fully saturated rings. The van der Waals surface area contributed by atoms with E-state index in [4.69, 9.17) is 0 Å². The van der Waals surface area contributed by atoms with Crippen molar-refractivity contribution < 1.29 is 12.4 Å². The maximum Gasteiger partial charge on any atom is 0.270 e. The molecule has 0 heterocycles. The second-order valence-corrected chi connectivity index (χ2v) is 5.53. The summed E-state index contributed by atoms with van der Waals surface area (Å²) in [5.74, 6) is 0.0451. The van der Waals surface area contributed by atoms with Gasteiger partial charge in [-0.25, -0.2) is 0 Å². The topological polar surface area (TPSA) is 43.4 Å². The molecular weight excluding hydrogens is 171 g/mol. The van der Waals surface area contributed by atoms with Crippen LogP contribution < -0.4 is 0 Å². The van der Waals surface area contributed by atoms with Crippen LogP contribution in [0, 0.1) is 5.41 Å². The van der Waals surface area contributed by atoms with Gasteiger partial charge in [0.1, 0.15) is 0 Å². The maximum atomic E-state index is 10.8. The first-order chi connectivity index (χ1) is 4.27. The lowest BCUT2D eigenvalue weighted by Gasteiger charge is -2.15. The summed E-state index contributed by atoms with van der Waals surface area (Å²) in [6, 6.07) is 0. The molecule has 0 N–H and O–H groups in total. The normalized spacial score (nSPS) is 13.6. The number of rotatable bonds is 2. The molecule has 0 amide bonds. The average molecular weight is 184 g/mol. The van der Waals surface area contributed by atoms with Crippen LogP contribution in [0.2, 0.25) is 0 Å². The van der Waals surface area contributed by atoms with Crippen molar-refractivity contribution in [1.82, 2.24) is 0 Å². The molecule has 10 heavy (non-hydrogen) atoms. The molecule has 0 aliphatic carbocycles. The van der Waals surface area contributed by atoms with Crippen molar-refractivity contribution >= 4 is 19.6 Å². The molecule has 0 radical (unpaired) electrons. The fourth-order valence-electron chi connectivity index (χ4n) is 0.564. The first kappa shape index (κ1) is 10.3. The van der Waals surface area contributed by atoms with Crippen molar-refractivity contribution in [2.24, 2.45) is 5.41 Å². The fourth-order valence-corrected chi connectivity index (χ4v) is 1.90. The van der Waals surface area contributed by atoms with Crippen LogP contribution in [-0.2, 0) is 14.1 Å². The van der Waals surface area contributed by atoms with Crippen LogP contribution in [-0.4, -0.2) is 14.2 Å². The fraction of sp³-hybridized carbons (Fsp3) is 1.00. The van der Waals surface area contributed by atoms with E-state index in [1.807, 2.05) is 20.8 Å². The smallest absolute Gasteiger partial charge is 0.254 e. The van der Waals surface area contributed by atoms with Gasteiger partial charge < -0.3 is 0 Å². The van der Waals surface area contributed by atoms with E-state index in [0.717, 1.165) is 0 Å². The largest absolute Gasteiger partial charge is 0.270 e. The highest BCUT2D eigenvalue weighted by atomic mass is 32.2. The van der Waals surface area contributed by atoms with Crippen LogP contribution in [0.3, 0.4) is 0 Å². The lowest BCUT2D eigenvalue weighted by molar-refractivity contribution is 0.436. The van der Waals surface area contributed by atoms with Gasteiger partial charge in [-0.15, -0.1) is 0 Å². The Morgan fingerprint density at radius 2 is 1.80 bits per heavy atom. The summed E-state index contributed by atoms with van der Waals surface area (Å²) in [4.78, 5) is 0. The van der Waals surface area contributed by atoms with E-state index in [1.165, 1.54) is 0 Å². The minimum absolute atomic E-state index is 0.0451. The van der Waals surface area contributed by atoms with Crippen LogP contribution in [0.25, 0.3) is 0 Å². The third-order valence-electron chi connectivity index (χ3n) is 0.756. The molecular formula is C5H13O3PS. The molecule has 0 rings (SSSR count). The van der Waals surface area contributed by atoms with E-state index >= 15 is 0 Å². The molecule has 1 atom stereocenters. The molecule has 0 aromatic carbocycles. The van der Waals surface area contributed by atoms with Crippen molar-refractivity contribution in [1.29, 1.82) is 0 Å². The van der Waals surface area contributed by atoms with Crippen molar-refractivity contribution in [3.63, 3.8) is 0 Å². The molecule has 5 heteroatoms. The van der Waals surface area contributed by atoms with Crippen LogP contribution in [0.4, 0.5) is 0 Å². The summed E-state index contributed by atoms with van der Waals surface area (Å²) >= 11 is 0. The summed E-state index contributed by atoms with van der Waals surface area (Å²) in [5.41, 5.74) is -0.241. The van der Waals surface area contributed by atoms with Gasteiger partial charge in [0.2, 0.25) is 0 Å². The lowest BCUT2D eigenvalue weighted by atomic mass is 10.0. The minimum atomic E-state index is -3.31. The molecule has 0 aliphatic rings. The molecule has 0 aromatic heterocycles. The second kappa shape index (κ2) is 3.16. The zero-order valence-corrected chi connectivity index (χ0v) is 8.39. The molecule has 0 saturated heterocycles. The van der Waals surface area contributed by atoms with Gasteiger partial charge in [-0.1, -0.05) is 20.8 Å². The average Bonchev–Trinajstić information content (AvgIpc) is 1.60. The van der Waals surface area contributed by atoms with Crippen molar-refractivity contribution in [2.75, 3.05) is 5.75 Å². The highest BCUT2D eigenvalue weighted by Crippen LogP contribution is 2.17. The first-order valence-electron chi connectivity index (χ1n) is 2.88. The van der Waals surface area contributed by atoms with Gasteiger partial charge in [0.25, 0.3) is 10.1 Å². The molecule has 62 valence electrons. The third kappa shape index (κ3) is 5.15. The van der Waals surface area contributed by atoms with E-state index in [2.05, 4.69) is 3.97 Å². The predicted octanol–water partition coefficient (Wildman–Crippen LogP) is 1.17. The minimum Gasteiger partial charge on any atom is -0.254 e. The summed E-state index contributed by atoms with van der Waals surface area (Å²) in [5, 5.41) is 0. The standard InChI is InChI=1S/C5H13O3PS/c1-5(2,3)4-10(6,7)8-9/h4,9H2,1-3H3. The monoisotopic (exact) mass is 184 g/mol. The molecule has 1 unspecified atom stereocenters. The molecule has 0 bridgehead atoms. The Morgan fingerprint density at radius 1 is 1.40 bits per heavy atom. The van der Waals surface area contributed by atoms with E-state index < -0.39 is 10.1 Å². The summed E-state index contributed by atoms with van der Waals surface area (Å²) in [7, 11) is -1.58. The van der Waals surface area contributed by atoms with Crippen molar-refractivity contribution in [3.8, 4) is 0 Å². The number of hydrogen-bond donors (Lipinski definition) is 0. The third-order valence-corrected chi connectivity index (χ3v) is 3.15. The highest BCUT2D eigenvalue weighted by molar-refractivity contribution is 7.88. The zero-order chi connectivity index (χ0) is 8.41. The Hall–Kier alpha value is 0.340. The molecule has 0 aromatic rings. The summed E-state index contributed by atoms with van der Waals surface area (Å²) in [6.45, 7) is 5.52. The lowest BCUT2D eigenvalue weighted by Crippen LogP contribution is -2.20. The molecule has 0 saturated carbocycles. The quantitative estimate of drug-likeness (QED) is 0.605. The van der Waals surface area contributed by atoms with E-state index in [1.54, 1.807) is 9.47 Å². The Bertz CT molecular complexity index is 189. The van der Waals surface area contributed by atoms with Crippen LogP contribution >= 0.6 is 9.47 Å². The molecule has 0 aliphatic heterocycles. The van der Waals surface area contributed by atoms with Gasteiger partial charge in [-0.05, 0) is 5.41 Å².